The van der Waals surface area contributed by atoms with Crippen molar-refractivity contribution < 1.29 is 2.74 Å². The molecule has 0 aliphatic heterocycles. The lowest BCUT2D eigenvalue weighted by Gasteiger charge is -1.98. The van der Waals surface area contributed by atoms with Crippen LogP contribution >= 0.6 is 0 Å². The van der Waals surface area contributed by atoms with E-state index in [1.165, 1.54) is 0 Å². The molecule has 7 heavy (non-hydrogen) atoms. The fourth-order valence-electron chi connectivity index (χ4n) is 0.721. The van der Waals surface area contributed by atoms with Crippen LogP contribution in [0.3, 0.4) is 0 Å². The fourth-order valence-corrected chi connectivity index (χ4v) is 0.721. The van der Waals surface area contributed by atoms with Crippen molar-refractivity contribution in [1.29, 1.82) is 0 Å². The Morgan fingerprint density at radius 1 is 1.71 bits per heavy atom. The van der Waals surface area contributed by atoms with Gasteiger partial charge in [0.25, 0.3) is 0 Å². The van der Waals surface area contributed by atoms with Gasteiger partial charge in [0.2, 0.25) is 0 Å². The molecule has 0 saturated heterocycles. The summed E-state index contributed by atoms with van der Waals surface area (Å²) in [5.74, 6) is 0.558. The Balaban J connectivity index is 2.48. The molecule has 1 aliphatic carbocycles. The molecule has 0 spiro atoms. The van der Waals surface area contributed by atoms with E-state index in [1.807, 2.05) is 13.8 Å². The van der Waals surface area contributed by atoms with E-state index in [4.69, 9.17) is 2.74 Å². The molecule has 0 aromatic rings. The van der Waals surface area contributed by atoms with E-state index >= 15 is 0 Å². The molecule has 0 heterocycles. The third kappa shape index (κ3) is 1.96. The smallest absolute Gasteiger partial charge is 0.0272 e. The summed E-state index contributed by atoms with van der Waals surface area (Å²) in [6.07, 6.45) is 1.32. The van der Waals surface area contributed by atoms with Crippen molar-refractivity contribution in [2.24, 2.45) is 11.8 Å². The van der Waals surface area contributed by atoms with E-state index in [2.05, 4.69) is 0 Å². The van der Waals surface area contributed by atoms with Crippen LogP contribution < -0.4 is 0 Å². The van der Waals surface area contributed by atoms with Gasteiger partial charge in [-0.3, -0.25) is 0 Å². The molecule has 0 nitrogen and oxygen atoms in total. The van der Waals surface area contributed by atoms with Crippen LogP contribution in [-0.4, -0.2) is 0 Å². The van der Waals surface area contributed by atoms with Crippen LogP contribution in [0.1, 0.15) is 35.8 Å². The Hall–Kier alpha value is 0. The maximum absolute atomic E-state index is 7.56. The van der Waals surface area contributed by atoms with Gasteiger partial charge in [0, 0.05) is 2.74 Å². The quantitative estimate of drug-likeness (QED) is 0.502. The lowest BCUT2D eigenvalue weighted by molar-refractivity contribution is 0.541. The van der Waals surface area contributed by atoms with Gasteiger partial charge in [0.1, 0.15) is 0 Å². The Kier molecular flexibility index (Phi) is 0.823. The second-order valence-electron chi connectivity index (χ2n) is 2.60. The predicted molar refractivity (Wildman–Crippen MR) is 32.2 cm³/mol. The summed E-state index contributed by atoms with van der Waals surface area (Å²) in [4.78, 5) is 0. The predicted octanol–water partition coefficient (Wildman–Crippen LogP) is 2.44. The highest BCUT2D eigenvalue weighted by Crippen LogP contribution is 2.34. The monoisotopic (exact) mass is 102 g/mol. The van der Waals surface area contributed by atoms with E-state index in [9.17, 15) is 0 Å². The van der Waals surface area contributed by atoms with Crippen LogP contribution in [0, 0.1) is 11.8 Å². The van der Waals surface area contributed by atoms with E-state index in [1.54, 1.807) is 0 Å². The van der Waals surface area contributed by atoms with Gasteiger partial charge in [-0.2, -0.15) is 0 Å². The van der Waals surface area contributed by atoms with Gasteiger partial charge in [0.05, 0.1) is 0 Å². The first-order valence-electron chi connectivity index (χ1n) is 4.05. The lowest BCUT2D eigenvalue weighted by atomic mass is 10.1. The van der Waals surface area contributed by atoms with Gasteiger partial charge in [0.15, 0.2) is 0 Å². The standard InChI is InChI=1S/C7H14/c1-6(2)5-7-3-4-7/h6-7H,3-5H2,1-2H3/i5T2. The summed E-state index contributed by atoms with van der Waals surface area (Å²) in [6.45, 7) is 3.91. The largest absolute Gasteiger partial charge is 0.0628 e. The van der Waals surface area contributed by atoms with Crippen molar-refractivity contribution in [1.82, 2.24) is 0 Å². The number of hydrogen-bond donors (Lipinski definition) is 0. The second kappa shape index (κ2) is 1.85. The highest BCUT2D eigenvalue weighted by Gasteiger charge is 2.21. The van der Waals surface area contributed by atoms with Crippen LogP contribution in [0.2, 0.25) is 0 Å². The van der Waals surface area contributed by atoms with E-state index < -0.39 is 6.37 Å². The van der Waals surface area contributed by atoms with Crippen LogP contribution in [0.15, 0.2) is 0 Å². The minimum atomic E-state index is -0.889. The van der Waals surface area contributed by atoms with Gasteiger partial charge in [-0.05, 0) is 18.2 Å². The molecule has 0 radical (unpaired) electrons. The van der Waals surface area contributed by atoms with Crippen molar-refractivity contribution in [3.63, 3.8) is 0 Å². The highest BCUT2D eigenvalue weighted by atomic mass is 14.3. The van der Waals surface area contributed by atoms with Crippen LogP contribution in [0.5, 0.6) is 0 Å². The molecule has 0 heteroatoms. The molecule has 0 unspecified atom stereocenters. The van der Waals surface area contributed by atoms with Crippen molar-refractivity contribution in [2.75, 3.05) is 0 Å². The Morgan fingerprint density at radius 2 is 2.29 bits per heavy atom. The SMILES string of the molecule is [3H]C([3H])(C(C)C)C1CC1. The topological polar surface area (TPSA) is 0 Å². The molecule has 0 N–H and O–H groups in total. The van der Waals surface area contributed by atoms with E-state index in [0.717, 1.165) is 12.8 Å². The molecule has 0 aromatic heterocycles. The zero-order chi connectivity index (χ0) is 7.07. The zero-order valence-electron chi connectivity index (χ0n) is 7.07. The molecule has 0 bridgehead atoms. The second-order valence-corrected chi connectivity index (χ2v) is 2.60. The normalized spacial score (nSPS) is 27.3. The van der Waals surface area contributed by atoms with Crippen LogP contribution in [0.25, 0.3) is 0 Å². The fraction of sp³-hybridized carbons (Fsp3) is 1.00. The summed E-state index contributed by atoms with van der Waals surface area (Å²) in [7, 11) is 0. The maximum atomic E-state index is 7.56. The average Bonchev–Trinajstić information content (AvgIpc) is 2.42. The third-order valence-corrected chi connectivity index (χ3v) is 1.15. The summed E-state index contributed by atoms with van der Waals surface area (Å²) in [6, 6.07) is 0. The average molecular weight is 102 g/mol. The molecule has 0 atom stereocenters. The van der Waals surface area contributed by atoms with Crippen molar-refractivity contribution >= 4 is 0 Å². The van der Waals surface area contributed by atoms with Crippen LogP contribution in [0.4, 0.5) is 0 Å². The molecule has 1 fully saturated rings. The molecular weight excluding hydrogens is 84.1 g/mol. The van der Waals surface area contributed by atoms with E-state index in [-0.39, 0.29) is 5.92 Å². The molecule has 0 aromatic carbocycles. The Labute approximate surface area is 48.7 Å². The Morgan fingerprint density at radius 3 is 2.43 bits per heavy atom. The minimum Gasteiger partial charge on any atom is -0.0628 e. The third-order valence-electron chi connectivity index (χ3n) is 1.15. The molecule has 0 amide bonds. The van der Waals surface area contributed by atoms with Gasteiger partial charge in [-0.15, -0.1) is 0 Å². The van der Waals surface area contributed by atoms with Gasteiger partial charge < -0.3 is 0 Å². The molecular formula is C7H14. The molecule has 1 aliphatic rings. The summed E-state index contributed by atoms with van der Waals surface area (Å²) in [5, 5.41) is 0. The summed E-state index contributed by atoms with van der Waals surface area (Å²) < 4.78 is 15.1. The number of hydrogen-bond acceptors (Lipinski definition) is 0. The zero-order valence-corrected chi connectivity index (χ0v) is 5.07. The van der Waals surface area contributed by atoms with Gasteiger partial charge in [-0.25, -0.2) is 0 Å². The maximum Gasteiger partial charge on any atom is 0.0272 e. The first kappa shape index (κ1) is 3.11. The van der Waals surface area contributed by atoms with Gasteiger partial charge >= 0.3 is 0 Å². The Bertz CT molecular complexity index is 99.5. The molecule has 1 saturated carbocycles. The summed E-state index contributed by atoms with van der Waals surface area (Å²) >= 11 is 0. The minimum absolute atomic E-state index is 0.185. The lowest BCUT2D eigenvalue weighted by Crippen LogP contribution is -1.86. The van der Waals surface area contributed by atoms with Crippen molar-refractivity contribution in [2.45, 2.75) is 33.1 Å². The highest BCUT2D eigenvalue weighted by molar-refractivity contribution is 4.73. The first-order chi connectivity index (χ1) is 4.05. The van der Waals surface area contributed by atoms with Crippen molar-refractivity contribution in [3.05, 3.63) is 0 Å². The van der Waals surface area contributed by atoms with E-state index in [0.29, 0.717) is 5.92 Å². The van der Waals surface area contributed by atoms with Crippen LogP contribution in [-0.2, 0) is 0 Å². The molecule has 1 rings (SSSR count). The first-order valence-corrected chi connectivity index (χ1v) is 3.05. The number of rotatable bonds is 2. The summed E-state index contributed by atoms with van der Waals surface area (Å²) in [5.41, 5.74) is 0. The van der Waals surface area contributed by atoms with Crippen molar-refractivity contribution in [3.8, 4) is 0 Å². The van der Waals surface area contributed by atoms with Gasteiger partial charge in [-0.1, -0.05) is 26.7 Å². The molecule has 42 valence electrons.